The van der Waals surface area contributed by atoms with Crippen molar-refractivity contribution in [1.82, 2.24) is 9.55 Å². The average molecular weight is 260 g/mol. The molecule has 0 amide bonds. The predicted octanol–water partition coefficient (Wildman–Crippen LogP) is 3.30. The van der Waals surface area contributed by atoms with Crippen LogP contribution in [0, 0.1) is 6.92 Å². The number of benzene rings is 1. The highest BCUT2D eigenvalue weighted by atomic mass is 79.9. The number of aromatic nitrogens is 2. The summed E-state index contributed by atoms with van der Waals surface area (Å²) in [5, 5.41) is 0.524. The van der Waals surface area contributed by atoms with Crippen molar-refractivity contribution in [2.24, 2.45) is 7.05 Å². The third kappa shape index (κ3) is 1.27. The Hall–Kier alpha value is -0.540. The lowest BCUT2D eigenvalue weighted by Crippen LogP contribution is -1.86. The summed E-state index contributed by atoms with van der Waals surface area (Å²) in [4.78, 5) is 4.27. The van der Waals surface area contributed by atoms with Crippen LogP contribution in [0.1, 0.15) is 5.56 Å². The summed E-state index contributed by atoms with van der Waals surface area (Å²) in [5.74, 6) is 0. The average Bonchev–Trinajstić information content (AvgIpc) is 2.38. The number of rotatable bonds is 0. The molecule has 4 heteroatoms. The van der Waals surface area contributed by atoms with Gasteiger partial charge in [-0.15, -0.1) is 0 Å². The Balaban J connectivity index is 2.94. The molecule has 0 atom stereocenters. The molecule has 0 aliphatic rings. The molecule has 0 bridgehead atoms. The van der Waals surface area contributed by atoms with Crippen LogP contribution < -0.4 is 0 Å². The van der Waals surface area contributed by atoms with E-state index in [0.29, 0.717) is 5.28 Å². The van der Waals surface area contributed by atoms with Gasteiger partial charge in [-0.1, -0.05) is 15.9 Å². The first-order valence-electron chi connectivity index (χ1n) is 3.88. The van der Waals surface area contributed by atoms with Crippen LogP contribution in [-0.2, 0) is 7.05 Å². The Bertz CT molecular complexity index is 476. The van der Waals surface area contributed by atoms with Crippen molar-refractivity contribution in [3.63, 3.8) is 0 Å². The second-order valence-corrected chi connectivity index (χ2v) is 4.17. The van der Waals surface area contributed by atoms with E-state index in [1.54, 1.807) is 0 Å². The summed E-state index contributed by atoms with van der Waals surface area (Å²) in [6, 6.07) is 4.01. The molecule has 0 aliphatic carbocycles. The van der Waals surface area contributed by atoms with E-state index < -0.39 is 0 Å². The van der Waals surface area contributed by atoms with Gasteiger partial charge in [-0.25, -0.2) is 4.98 Å². The van der Waals surface area contributed by atoms with E-state index in [4.69, 9.17) is 11.6 Å². The monoisotopic (exact) mass is 258 g/mol. The van der Waals surface area contributed by atoms with E-state index in [-0.39, 0.29) is 0 Å². The molecular weight excluding hydrogens is 251 g/mol. The van der Waals surface area contributed by atoms with Crippen LogP contribution in [0.3, 0.4) is 0 Å². The van der Waals surface area contributed by atoms with E-state index in [2.05, 4.69) is 20.9 Å². The molecule has 1 heterocycles. The fourth-order valence-electron chi connectivity index (χ4n) is 1.34. The Morgan fingerprint density at radius 1 is 1.46 bits per heavy atom. The lowest BCUT2D eigenvalue weighted by molar-refractivity contribution is 0.949. The van der Waals surface area contributed by atoms with Gasteiger partial charge >= 0.3 is 0 Å². The minimum Gasteiger partial charge on any atom is -0.318 e. The summed E-state index contributed by atoms with van der Waals surface area (Å²) in [5.41, 5.74) is 3.15. The molecule has 0 radical (unpaired) electrons. The van der Waals surface area contributed by atoms with Gasteiger partial charge < -0.3 is 4.57 Å². The fourth-order valence-corrected chi connectivity index (χ4v) is 1.84. The van der Waals surface area contributed by atoms with Gasteiger partial charge in [0, 0.05) is 11.5 Å². The topological polar surface area (TPSA) is 17.8 Å². The maximum Gasteiger partial charge on any atom is 0.203 e. The zero-order valence-electron chi connectivity index (χ0n) is 7.31. The Kier molecular flexibility index (Phi) is 2.08. The first-order valence-corrected chi connectivity index (χ1v) is 5.05. The summed E-state index contributed by atoms with van der Waals surface area (Å²) >= 11 is 9.37. The standard InChI is InChI=1S/C9H8BrClN2/c1-5-6(10)3-4-7-8(5)12-9(11)13(7)2/h3-4H,1-2H3. The number of imidazole rings is 1. The van der Waals surface area contributed by atoms with E-state index in [1.807, 2.05) is 30.7 Å². The van der Waals surface area contributed by atoms with Gasteiger partial charge in [0.2, 0.25) is 5.28 Å². The number of halogens is 2. The predicted molar refractivity (Wildman–Crippen MR) is 58.2 cm³/mol. The Morgan fingerprint density at radius 3 is 2.85 bits per heavy atom. The molecule has 0 N–H and O–H groups in total. The number of hydrogen-bond donors (Lipinski definition) is 0. The molecule has 2 nitrogen and oxygen atoms in total. The fraction of sp³-hybridized carbons (Fsp3) is 0.222. The van der Waals surface area contributed by atoms with Crippen LogP contribution in [0.25, 0.3) is 11.0 Å². The van der Waals surface area contributed by atoms with Gasteiger partial charge in [-0.05, 0) is 36.2 Å². The van der Waals surface area contributed by atoms with E-state index >= 15 is 0 Å². The van der Waals surface area contributed by atoms with Gasteiger partial charge in [0.15, 0.2) is 0 Å². The summed E-state index contributed by atoms with van der Waals surface area (Å²) in [6.07, 6.45) is 0. The second-order valence-electron chi connectivity index (χ2n) is 2.98. The van der Waals surface area contributed by atoms with Crippen LogP contribution in [0.5, 0.6) is 0 Å². The second kappa shape index (κ2) is 3.00. The van der Waals surface area contributed by atoms with Crippen LogP contribution in [-0.4, -0.2) is 9.55 Å². The lowest BCUT2D eigenvalue weighted by Gasteiger charge is -1.99. The maximum absolute atomic E-state index is 5.91. The number of hydrogen-bond acceptors (Lipinski definition) is 1. The van der Waals surface area contributed by atoms with Gasteiger partial charge in [0.1, 0.15) is 0 Å². The molecule has 1 aromatic heterocycles. The molecule has 0 unspecified atom stereocenters. The third-order valence-corrected chi connectivity index (χ3v) is 3.38. The SMILES string of the molecule is Cc1c(Br)ccc2c1nc(Cl)n2C. The molecule has 2 aromatic rings. The minimum absolute atomic E-state index is 0.524. The molecule has 0 aliphatic heterocycles. The molecule has 2 rings (SSSR count). The van der Waals surface area contributed by atoms with Gasteiger partial charge in [0.25, 0.3) is 0 Å². The molecule has 0 saturated carbocycles. The smallest absolute Gasteiger partial charge is 0.203 e. The maximum atomic E-state index is 5.91. The number of aryl methyl sites for hydroxylation is 2. The first-order chi connectivity index (χ1) is 6.11. The largest absolute Gasteiger partial charge is 0.318 e. The highest BCUT2D eigenvalue weighted by molar-refractivity contribution is 9.10. The summed E-state index contributed by atoms with van der Waals surface area (Å²) in [6.45, 7) is 2.02. The van der Waals surface area contributed by atoms with E-state index in [0.717, 1.165) is 21.1 Å². The van der Waals surface area contributed by atoms with Crippen molar-refractivity contribution in [1.29, 1.82) is 0 Å². The summed E-state index contributed by atoms with van der Waals surface area (Å²) in [7, 11) is 1.91. The zero-order valence-corrected chi connectivity index (χ0v) is 9.65. The zero-order chi connectivity index (χ0) is 9.59. The normalized spacial score (nSPS) is 11.1. The van der Waals surface area contributed by atoms with Crippen molar-refractivity contribution < 1.29 is 0 Å². The third-order valence-electron chi connectivity index (χ3n) is 2.19. The Morgan fingerprint density at radius 2 is 2.15 bits per heavy atom. The van der Waals surface area contributed by atoms with Crippen LogP contribution >= 0.6 is 27.5 Å². The number of fused-ring (bicyclic) bond motifs is 1. The highest BCUT2D eigenvalue weighted by Crippen LogP contribution is 2.26. The van der Waals surface area contributed by atoms with Crippen LogP contribution in [0.4, 0.5) is 0 Å². The van der Waals surface area contributed by atoms with Gasteiger partial charge in [0.05, 0.1) is 11.0 Å². The van der Waals surface area contributed by atoms with Crippen LogP contribution in [0.15, 0.2) is 16.6 Å². The minimum atomic E-state index is 0.524. The Labute approximate surface area is 89.7 Å². The highest BCUT2D eigenvalue weighted by Gasteiger charge is 2.08. The molecule has 0 spiro atoms. The molecule has 1 aromatic carbocycles. The number of nitrogens with zero attached hydrogens (tertiary/aromatic N) is 2. The van der Waals surface area contributed by atoms with E-state index in [1.165, 1.54) is 0 Å². The molecule has 13 heavy (non-hydrogen) atoms. The van der Waals surface area contributed by atoms with Crippen molar-refractivity contribution in [2.75, 3.05) is 0 Å². The molecule has 68 valence electrons. The summed E-state index contributed by atoms with van der Waals surface area (Å²) < 4.78 is 2.94. The van der Waals surface area contributed by atoms with Crippen LogP contribution in [0.2, 0.25) is 5.28 Å². The molecule has 0 saturated heterocycles. The van der Waals surface area contributed by atoms with E-state index in [9.17, 15) is 0 Å². The van der Waals surface area contributed by atoms with Crippen molar-refractivity contribution >= 4 is 38.6 Å². The quantitative estimate of drug-likeness (QED) is 0.710. The first kappa shape index (κ1) is 9.03. The molecule has 0 fully saturated rings. The van der Waals surface area contributed by atoms with Gasteiger partial charge in [-0.2, -0.15) is 0 Å². The lowest BCUT2D eigenvalue weighted by atomic mass is 10.2. The van der Waals surface area contributed by atoms with Crippen molar-refractivity contribution in [2.45, 2.75) is 6.92 Å². The van der Waals surface area contributed by atoms with Crippen molar-refractivity contribution in [3.8, 4) is 0 Å². The molecular formula is C9H8BrClN2. The van der Waals surface area contributed by atoms with Crippen molar-refractivity contribution in [3.05, 3.63) is 27.5 Å². The van der Waals surface area contributed by atoms with Gasteiger partial charge in [-0.3, -0.25) is 0 Å².